The zero-order valence-electron chi connectivity index (χ0n) is 10.7. The van der Waals surface area contributed by atoms with E-state index >= 15 is 0 Å². The monoisotopic (exact) mass is 299 g/mol. The van der Waals surface area contributed by atoms with E-state index in [0.717, 1.165) is 37.6 Å². The van der Waals surface area contributed by atoms with Crippen LogP contribution >= 0.6 is 0 Å². The Morgan fingerprint density at radius 3 is 2.29 bits per heavy atom. The zero-order chi connectivity index (χ0) is 15.6. The van der Waals surface area contributed by atoms with Gasteiger partial charge in [-0.15, -0.1) is 0 Å². The molecule has 0 saturated heterocycles. The second kappa shape index (κ2) is 5.51. The molecule has 1 aromatic heterocycles. The molecule has 2 aromatic rings. The summed E-state index contributed by atoms with van der Waals surface area (Å²) in [7, 11) is 1.12. The Morgan fingerprint density at radius 1 is 1.14 bits per heavy atom. The van der Waals surface area contributed by atoms with Gasteiger partial charge in [0.15, 0.2) is 0 Å². The van der Waals surface area contributed by atoms with Crippen molar-refractivity contribution in [3.63, 3.8) is 0 Å². The van der Waals surface area contributed by atoms with E-state index in [1.54, 1.807) is 0 Å². The van der Waals surface area contributed by atoms with Crippen LogP contribution in [0.4, 0.5) is 17.6 Å². The van der Waals surface area contributed by atoms with Crippen molar-refractivity contribution in [2.45, 2.75) is 6.18 Å². The Bertz CT molecular complexity index is 666. The first-order chi connectivity index (χ1) is 9.84. The standard InChI is InChI=1S/C14H9F4NO2/c1-21-13(20)10-6-7-19-12(15)11(10)8-2-4-9(5-3-8)14(16,17)18/h2-7H,1H3. The molecule has 110 valence electrons. The molecule has 2 rings (SSSR count). The summed E-state index contributed by atoms with van der Waals surface area (Å²) in [5.41, 5.74) is -1.06. The zero-order valence-corrected chi connectivity index (χ0v) is 10.7. The highest BCUT2D eigenvalue weighted by Crippen LogP contribution is 2.32. The third-order valence-corrected chi connectivity index (χ3v) is 2.81. The molecule has 0 aliphatic carbocycles. The number of nitrogens with zero attached hydrogens (tertiary/aromatic N) is 1. The van der Waals surface area contributed by atoms with E-state index in [-0.39, 0.29) is 16.7 Å². The predicted octanol–water partition coefficient (Wildman–Crippen LogP) is 3.69. The Kier molecular flexibility index (Phi) is 3.93. The first-order valence-electron chi connectivity index (χ1n) is 5.75. The normalized spacial score (nSPS) is 11.3. The number of carbonyl (C=O) groups is 1. The van der Waals surface area contributed by atoms with Gasteiger partial charge in [-0.1, -0.05) is 12.1 Å². The molecule has 21 heavy (non-hydrogen) atoms. The van der Waals surface area contributed by atoms with E-state index < -0.39 is 23.7 Å². The topological polar surface area (TPSA) is 39.2 Å². The average molecular weight is 299 g/mol. The summed E-state index contributed by atoms with van der Waals surface area (Å²) >= 11 is 0. The third-order valence-electron chi connectivity index (χ3n) is 2.81. The third kappa shape index (κ3) is 3.01. The molecule has 0 atom stereocenters. The molecule has 1 aromatic carbocycles. The Balaban J connectivity index is 2.54. The lowest BCUT2D eigenvalue weighted by atomic mass is 10.0. The average Bonchev–Trinajstić information content (AvgIpc) is 2.45. The molecule has 0 fully saturated rings. The fourth-order valence-electron chi connectivity index (χ4n) is 1.82. The fourth-order valence-corrected chi connectivity index (χ4v) is 1.82. The number of hydrogen-bond donors (Lipinski definition) is 0. The van der Waals surface area contributed by atoms with Crippen molar-refractivity contribution in [3.05, 3.63) is 53.6 Å². The number of esters is 1. The molecular formula is C14H9F4NO2. The predicted molar refractivity (Wildman–Crippen MR) is 66.0 cm³/mol. The Labute approximate surface area is 117 Å². The van der Waals surface area contributed by atoms with Gasteiger partial charge in [-0.2, -0.15) is 17.6 Å². The lowest BCUT2D eigenvalue weighted by molar-refractivity contribution is -0.137. The Hall–Kier alpha value is -2.44. The van der Waals surface area contributed by atoms with Crippen molar-refractivity contribution in [2.75, 3.05) is 7.11 Å². The van der Waals surface area contributed by atoms with Crippen LogP contribution in [0.2, 0.25) is 0 Å². The number of aromatic nitrogens is 1. The fraction of sp³-hybridized carbons (Fsp3) is 0.143. The molecule has 1 heterocycles. The van der Waals surface area contributed by atoms with Crippen LogP contribution in [0.25, 0.3) is 11.1 Å². The summed E-state index contributed by atoms with van der Waals surface area (Å²) in [6.07, 6.45) is -3.41. The number of alkyl halides is 3. The summed E-state index contributed by atoms with van der Waals surface area (Å²) in [6.45, 7) is 0. The second-order valence-electron chi connectivity index (χ2n) is 4.09. The van der Waals surface area contributed by atoms with Crippen LogP contribution in [0.5, 0.6) is 0 Å². The smallest absolute Gasteiger partial charge is 0.416 e. The van der Waals surface area contributed by atoms with Crippen LogP contribution < -0.4 is 0 Å². The van der Waals surface area contributed by atoms with Crippen molar-refractivity contribution in [1.82, 2.24) is 4.98 Å². The minimum Gasteiger partial charge on any atom is -0.465 e. The van der Waals surface area contributed by atoms with E-state index in [2.05, 4.69) is 9.72 Å². The van der Waals surface area contributed by atoms with Gasteiger partial charge in [0.2, 0.25) is 5.95 Å². The lowest BCUT2D eigenvalue weighted by Crippen LogP contribution is -2.07. The highest BCUT2D eigenvalue weighted by Gasteiger charge is 2.30. The van der Waals surface area contributed by atoms with Gasteiger partial charge in [0.25, 0.3) is 0 Å². The molecule has 0 aliphatic heterocycles. The molecule has 0 aliphatic rings. The number of ether oxygens (including phenoxy) is 1. The number of halogens is 4. The summed E-state index contributed by atoms with van der Waals surface area (Å²) in [5.74, 6) is -1.76. The molecule has 0 N–H and O–H groups in total. The maximum atomic E-state index is 13.8. The molecule has 0 radical (unpaired) electrons. The second-order valence-corrected chi connectivity index (χ2v) is 4.09. The van der Waals surface area contributed by atoms with E-state index in [1.165, 1.54) is 6.07 Å². The van der Waals surface area contributed by atoms with Crippen LogP contribution in [-0.2, 0) is 10.9 Å². The van der Waals surface area contributed by atoms with Crippen molar-refractivity contribution in [1.29, 1.82) is 0 Å². The summed E-state index contributed by atoms with van der Waals surface area (Å²) in [5, 5.41) is 0. The molecule has 3 nitrogen and oxygen atoms in total. The SMILES string of the molecule is COC(=O)c1ccnc(F)c1-c1ccc(C(F)(F)F)cc1. The summed E-state index contributed by atoms with van der Waals surface area (Å²) < 4.78 is 55.9. The van der Waals surface area contributed by atoms with E-state index in [9.17, 15) is 22.4 Å². The molecule has 0 spiro atoms. The molecule has 0 unspecified atom stereocenters. The van der Waals surface area contributed by atoms with Crippen LogP contribution in [0, 0.1) is 5.95 Å². The summed E-state index contributed by atoms with van der Waals surface area (Å²) in [6, 6.07) is 5.01. The van der Waals surface area contributed by atoms with Gasteiger partial charge in [-0.25, -0.2) is 9.78 Å². The highest BCUT2D eigenvalue weighted by molar-refractivity contribution is 5.97. The number of hydrogen-bond acceptors (Lipinski definition) is 3. The van der Waals surface area contributed by atoms with Crippen LogP contribution in [0.15, 0.2) is 36.5 Å². The quantitative estimate of drug-likeness (QED) is 0.482. The number of pyridine rings is 1. The van der Waals surface area contributed by atoms with Gasteiger partial charge < -0.3 is 4.74 Å². The number of benzene rings is 1. The van der Waals surface area contributed by atoms with Gasteiger partial charge in [-0.05, 0) is 23.8 Å². The van der Waals surface area contributed by atoms with Gasteiger partial charge in [0, 0.05) is 6.20 Å². The number of methoxy groups -OCH3 is 1. The molecular weight excluding hydrogens is 290 g/mol. The van der Waals surface area contributed by atoms with Gasteiger partial charge in [0.1, 0.15) is 0 Å². The van der Waals surface area contributed by atoms with Crippen molar-refractivity contribution < 1.29 is 27.1 Å². The highest BCUT2D eigenvalue weighted by atomic mass is 19.4. The van der Waals surface area contributed by atoms with E-state index in [4.69, 9.17) is 0 Å². The number of carbonyl (C=O) groups excluding carboxylic acids is 1. The van der Waals surface area contributed by atoms with Gasteiger partial charge >= 0.3 is 12.1 Å². The first kappa shape index (κ1) is 15.0. The first-order valence-corrected chi connectivity index (χ1v) is 5.75. The largest absolute Gasteiger partial charge is 0.465 e. The maximum absolute atomic E-state index is 13.8. The molecule has 0 amide bonds. The van der Waals surface area contributed by atoms with Crippen molar-refractivity contribution in [3.8, 4) is 11.1 Å². The van der Waals surface area contributed by atoms with Crippen LogP contribution in [0.1, 0.15) is 15.9 Å². The molecule has 0 saturated carbocycles. The van der Waals surface area contributed by atoms with Crippen molar-refractivity contribution >= 4 is 5.97 Å². The summed E-state index contributed by atoms with van der Waals surface area (Å²) in [4.78, 5) is 15.0. The minimum absolute atomic E-state index is 0.106. The minimum atomic E-state index is -4.49. The Morgan fingerprint density at radius 2 is 1.76 bits per heavy atom. The van der Waals surface area contributed by atoms with Crippen molar-refractivity contribution in [2.24, 2.45) is 0 Å². The van der Waals surface area contributed by atoms with Gasteiger partial charge in [-0.3, -0.25) is 0 Å². The van der Waals surface area contributed by atoms with E-state index in [1.807, 2.05) is 0 Å². The van der Waals surface area contributed by atoms with Gasteiger partial charge in [0.05, 0.1) is 23.8 Å². The molecule has 0 bridgehead atoms. The molecule has 7 heteroatoms. The van der Waals surface area contributed by atoms with E-state index in [0.29, 0.717) is 0 Å². The van der Waals surface area contributed by atoms with Crippen LogP contribution in [0.3, 0.4) is 0 Å². The lowest BCUT2D eigenvalue weighted by Gasteiger charge is -2.10. The number of rotatable bonds is 2. The maximum Gasteiger partial charge on any atom is 0.416 e. The van der Waals surface area contributed by atoms with Crippen LogP contribution in [-0.4, -0.2) is 18.1 Å².